The lowest BCUT2D eigenvalue weighted by Gasteiger charge is -2.22. The third-order valence-corrected chi connectivity index (χ3v) is 8.05. The normalized spacial score (nSPS) is 22.7. The fourth-order valence-electron chi connectivity index (χ4n) is 4.52. The van der Waals surface area contributed by atoms with Gasteiger partial charge in [-0.3, -0.25) is 0 Å². The molecule has 3 aromatic rings. The maximum Gasteiger partial charge on any atom is 0.248 e. The van der Waals surface area contributed by atoms with Crippen molar-refractivity contribution in [3.63, 3.8) is 0 Å². The van der Waals surface area contributed by atoms with E-state index in [2.05, 4.69) is 20.3 Å². The number of hydrogen-bond donors (Lipinski definition) is 0. The predicted molar refractivity (Wildman–Crippen MR) is 104 cm³/mol. The molecule has 0 bridgehead atoms. The van der Waals surface area contributed by atoms with Crippen LogP contribution in [0.25, 0.3) is 5.65 Å². The first-order valence-electron chi connectivity index (χ1n) is 9.77. The molecule has 2 fully saturated rings. The first kappa shape index (κ1) is 18.5. The van der Waals surface area contributed by atoms with E-state index in [1.54, 1.807) is 22.7 Å². The quantitative estimate of drug-likeness (QED) is 0.620. The average molecular weight is 417 g/mol. The van der Waals surface area contributed by atoms with Crippen LogP contribution in [0, 0.1) is 25.7 Å². The zero-order chi connectivity index (χ0) is 20.3. The lowest BCUT2D eigenvalue weighted by molar-refractivity contribution is 0.389. The molecule has 154 valence electrons. The number of aryl methyl sites for hydroxylation is 3. The van der Waals surface area contributed by atoms with Crippen molar-refractivity contribution in [2.45, 2.75) is 32.1 Å². The summed E-state index contributed by atoms with van der Waals surface area (Å²) < 4.78 is 34.6. The van der Waals surface area contributed by atoms with Gasteiger partial charge in [0.1, 0.15) is 16.4 Å². The molecule has 0 saturated carbocycles. The van der Waals surface area contributed by atoms with Gasteiger partial charge in [-0.05, 0) is 37.8 Å². The minimum absolute atomic E-state index is 0.209. The van der Waals surface area contributed by atoms with Crippen LogP contribution in [0.4, 0.5) is 5.82 Å². The number of fused-ring (bicyclic) bond motifs is 2. The van der Waals surface area contributed by atoms with Gasteiger partial charge < -0.3 is 9.42 Å². The van der Waals surface area contributed by atoms with E-state index in [4.69, 9.17) is 9.62 Å². The van der Waals surface area contributed by atoms with Crippen molar-refractivity contribution in [2.75, 3.05) is 31.1 Å². The largest absolute Gasteiger partial charge is 0.360 e. The summed E-state index contributed by atoms with van der Waals surface area (Å²) in [5, 5.41) is 16.8. The summed E-state index contributed by atoms with van der Waals surface area (Å²) in [5.74, 6) is 2.60. The highest BCUT2D eigenvalue weighted by Gasteiger charge is 2.45. The number of rotatable bonds is 4. The number of aromatic nitrogens is 5. The Morgan fingerprint density at radius 1 is 1.10 bits per heavy atom. The van der Waals surface area contributed by atoms with E-state index in [9.17, 15) is 8.42 Å². The highest BCUT2D eigenvalue weighted by atomic mass is 32.2. The Labute approximate surface area is 168 Å². The minimum atomic E-state index is -3.59. The first-order valence-corrected chi connectivity index (χ1v) is 11.2. The molecule has 29 heavy (non-hydrogen) atoms. The van der Waals surface area contributed by atoms with Crippen molar-refractivity contribution in [3.8, 4) is 0 Å². The molecule has 5 heterocycles. The third kappa shape index (κ3) is 2.83. The van der Waals surface area contributed by atoms with Gasteiger partial charge in [0, 0.05) is 32.6 Å². The zero-order valence-electron chi connectivity index (χ0n) is 16.6. The second-order valence-corrected chi connectivity index (χ2v) is 9.71. The molecule has 2 unspecified atom stereocenters. The summed E-state index contributed by atoms with van der Waals surface area (Å²) >= 11 is 0. The summed E-state index contributed by atoms with van der Waals surface area (Å²) in [7, 11) is -3.59. The van der Waals surface area contributed by atoms with Crippen LogP contribution in [-0.4, -0.2) is 63.9 Å². The van der Waals surface area contributed by atoms with Gasteiger partial charge in [-0.15, -0.1) is 15.3 Å². The molecule has 0 aliphatic carbocycles. The van der Waals surface area contributed by atoms with Gasteiger partial charge in [-0.2, -0.15) is 8.82 Å². The van der Waals surface area contributed by atoms with Crippen LogP contribution in [0.5, 0.6) is 0 Å². The predicted octanol–water partition coefficient (Wildman–Crippen LogP) is 1.05. The summed E-state index contributed by atoms with van der Waals surface area (Å²) in [6.07, 6.45) is 0.761. The summed E-state index contributed by atoms with van der Waals surface area (Å²) in [6.45, 7) is 7.90. The number of anilines is 1. The third-order valence-electron chi connectivity index (χ3n) is 5.97. The Morgan fingerprint density at radius 2 is 1.83 bits per heavy atom. The molecule has 2 atom stereocenters. The molecule has 0 amide bonds. The lowest BCUT2D eigenvalue weighted by atomic mass is 10.0. The van der Waals surface area contributed by atoms with Gasteiger partial charge >= 0.3 is 0 Å². The fraction of sp³-hybridized carbons (Fsp3) is 0.556. The Morgan fingerprint density at radius 3 is 2.45 bits per heavy atom. The van der Waals surface area contributed by atoms with Gasteiger partial charge in [-0.25, -0.2) is 8.42 Å². The molecule has 10 nitrogen and oxygen atoms in total. The van der Waals surface area contributed by atoms with Gasteiger partial charge in [0.15, 0.2) is 17.2 Å². The summed E-state index contributed by atoms with van der Waals surface area (Å²) in [5.41, 5.74) is 1.15. The van der Waals surface area contributed by atoms with E-state index in [0.29, 0.717) is 24.5 Å². The molecule has 0 N–H and O–H groups in total. The molecule has 0 aromatic carbocycles. The first-order chi connectivity index (χ1) is 13.9. The molecule has 2 saturated heterocycles. The Bertz CT molecular complexity index is 1150. The molecule has 0 spiro atoms. The zero-order valence-corrected chi connectivity index (χ0v) is 17.4. The van der Waals surface area contributed by atoms with E-state index in [1.165, 1.54) is 0 Å². The molecule has 11 heteroatoms. The highest BCUT2D eigenvalue weighted by Crippen LogP contribution is 2.36. The molecular weight excluding hydrogens is 394 g/mol. The minimum Gasteiger partial charge on any atom is -0.360 e. The monoisotopic (exact) mass is 417 g/mol. The van der Waals surface area contributed by atoms with E-state index in [0.717, 1.165) is 36.8 Å². The molecule has 3 aromatic heterocycles. The number of sulfonamides is 1. The average Bonchev–Trinajstić information content (AvgIpc) is 3.42. The molecule has 5 rings (SSSR count). The van der Waals surface area contributed by atoms with Gasteiger partial charge in [0.25, 0.3) is 0 Å². The lowest BCUT2D eigenvalue weighted by Crippen LogP contribution is -2.34. The van der Waals surface area contributed by atoms with Gasteiger partial charge in [0.05, 0.1) is 0 Å². The SMILES string of the molecule is CCc1nnc2ccc(N3CC4CN(S(=O)(=O)c5c(C)noc5C)CC4C3)nn12. The van der Waals surface area contributed by atoms with Crippen LogP contribution in [0.2, 0.25) is 0 Å². The number of nitrogens with zero attached hydrogens (tertiary/aromatic N) is 7. The Kier molecular flexibility index (Phi) is 4.14. The maximum atomic E-state index is 13.1. The van der Waals surface area contributed by atoms with Crippen LogP contribution in [0.15, 0.2) is 21.6 Å². The highest BCUT2D eigenvalue weighted by molar-refractivity contribution is 7.89. The van der Waals surface area contributed by atoms with Crippen molar-refractivity contribution in [3.05, 3.63) is 29.4 Å². The van der Waals surface area contributed by atoms with Crippen molar-refractivity contribution in [1.29, 1.82) is 0 Å². The Balaban J connectivity index is 1.35. The Hall–Kier alpha value is -2.53. The summed E-state index contributed by atoms with van der Waals surface area (Å²) in [6, 6.07) is 3.89. The van der Waals surface area contributed by atoms with E-state index >= 15 is 0 Å². The van der Waals surface area contributed by atoms with Crippen LogP contribution in [0.3, 0.4) is 0 Å². The fourth-order valence-corrected chi connectivity index (χ4v) is 6.36. The van der Waals surface area contributed by atoms with Crippen molar-refractivity contribution in [1.82, 2.24) is 29.3 Å². The second-order valence-electron chi connectivity index (χ2n) is 7.83. The number of hydrogen-bond acceptors (Lipinski definition) is 8. The van der Waals surface area contributed by atoms with Gasteiger partial charge in [-0.1, -0.05) is 12.1 Å². The smallest absolute Gasteiger partial charge is 0.248 e. The van der Waals surface area contributed by atoms with Crippen LogP contribution in [-0.2, 0) is 16.4 Å². The standard InChI is InChI=1S/C18H23N7O3S/c1-4-15-19-20-16-5-6-17(21-25(15)16)23-7-13-9-24(10-14(13)8-23)29(26,27)18-11(2)22-28-12(18)3/h5-6,13-14H,4,7-10H2,1-3H3. The molecular formula is C18H23N7O3S. The molecule has 2 aliphatic heterocycles. The topological polar surface area (TPSA) is 110 Å². The van der Waals surface area contributed by atoms with E-state index < -0.39 is 10.0 Å². The van der Waals surface area contributed by atoms with Crippen molar-refractivity contribution in [2.24, 2.45) is 11.8 Å². The van der Waals surface area contributed by atoms with E-state index in [-0.39, 0.29) is 16.7 Å². The summed E-state index contributed by atoms with van der Waals surface area (Å²) in [4.78, 5) is 2.44. The van der Waals surface area contributed by atoms with Crippen molar-refractivity contribution < 1.29 is 12.9 Å². The molecule has 0 radical (unpaired) electrons. The maximum absolute atomic E-state index is 13.1. The second kappa shape index (κ2) is 6.49. The van der Waals surface area contributed by atoms with Crippen LogP contribution in [0.1, 0.15) is 24.2 Å². The van der Waals surface area contributed by atoms with Crippen molar-refractivity contribution >= 4 is 21.5 Å². The van der Waals surface area contributed by atoms with E-state index in [1.807, 2.05) is 19.1 Å². The van der Waals surface area contributed by atoms with Gasteiger partial charge in [0.2, 0.25) is 10.0 Å². The van der Waals surface area contributed by atoms with Crippen LogP contribution >= 0.6 is 0 Å². The van der Waals surface area contributed by atoms with Crippen LogP contribution < -0.4 is 4.90 Å². The molecule has 2 aliphatic rings.